The van der Waals surface area contributed by atoms with Gasteiger partial charge in [-0.2, -0.15) is 0 Å². The monoisotopic (exact) mass is 308 g/mol. The van der Waals surface area contributed by atoms with E-state index >= 15 is 0 Å². The van der Waals surface area contributed by atoms with Crippen LogP contribution >= 0.6 is 15.9 Å². The summed E-state index contributed by atoms with van der Waals surface area (Å²) < 4.78 is 13.4. The second kappa shape index (κ2) is 4.86. The molecule has 2 N–H and O–H groups in total. The van der Waals surface area contributed by atoms with E-state index in [2.05, 4.69) is 20.9 Å². The molecule has 2 aromatic rings. The molecule has 5 heteroatoms. The molecule has 92 valence electrons. The fourth-order valence-corrected chi connectivity index (χ4v) is 2.04. The predicted octanol–water partition coefficient (Wildman–Crippen LogP) is 3.10. The van der Waals surface area contributed by atoms with Crippen molar-refractivity contribution in [3.05, 3.63) is 57.4 Å². The van der Waals surface area contributed by atoms with Gasteiger partial charge in [-0.25, -0.2) is 9.37 Å². The Labute approximate surface area is 112 Å². The minimum Gasteiger partial charge on any atom is -0.383 e. The molecule has 0 aliphatic heterocycles. The Kier molecular flexibility index (Phi) is 3.43. The Balaban J connectivity index is 2.51. The maximum atomic E-state index is 13.1. The molecule has 0 fully saturated rings. The topological polar surface area (TPSA) is 56.0 Å². The molecule has 0 spiro atoms. The van der Waals surface area contributed by atoms with Crippen LogP contribution in [-0.2, 0) is 0 Å². The van der Waals surface area contributed by atoms with Crippen LogP contribution in [0.3, 0.4) is 0 Å². The number of nitrogen functional groups attached to an aromatic ring is 1. The van der Waals surface area contributed by atoms with Crippen molar-refractivity contribution in [2.45, 2.75) is 6.92 Å². The lowest BCUT2D eigenvalue weighted by Gasteiger charge is -2.07. The van der Waals surface area contributed by atoms with E-state index in [4.69, 9.17) is 5.73 Å². The highest BCUT2D eigenvalue weighted by molar-refractivity contribution is 9.10. The van der Waals surface area contributed by atoms with Crippen LogP contribution in [0.4, 0.5) is 10.2 Å². The van der Waals surface area contributed by atoms with Gasteiger partial charge in [-0.15, -0.1) is 0 Å². The molecule has 18 heavy (non-hydrogen) atoms. The first-order valence-corrected chi connectivity index (χ1v) is 6.01. The van der Waals surface area contributed by atoms with Crippen molar-refractivity contribution in [2.24, 2.45) is 0 Å². The molecule has 0 radical (unpaired) electrons. The number of ketones is 1. The number of nitrogens with zero attached hydrogens (tertiary/aromatic N) is 1. The predicted molar refractivity (Wildman–Crippen MR) is 70.9 cm³/mol. The van der Waals surface area contributed by atoms with Crippen LogP contribution in [0.1, 0.15) is 21.5 Å². The summed E-state index contributed by atoms with van der Waals surface area (Å²) in [6.45, 7) is 1.78. The number of aryl methyl sites for hydroxylation is 1. The zero-order valence-corrected chi connectivity index (χ0v) is 11.2. The highest BCUT2D eigenvalue weighted by atomic mass is 79.9. The van der Waals surface area contributed by atoms with Gasteiger partial charge in [-0.3, -0.25) is 4.79 Å². The summed E-state index contributed by atoms with van der Waals surface area (Å²) in [6.07, 6.45) is 1.54. The van der Waals surface area contributed by atoms with Crippen molar-refractivity contribution in [1.82, 2.24) is 4.98 Å². The summed E-state index contributed by atoms with van der Waals surface area (Å²) in [6, 6.07) is 5.80. The average Bonchev–Trinajstić information content (AvgIpc) is 2.32. The Morgan fingerprint density at radius 2 is 2.11 bits per heavy atom. The van der Waals surface area contributed by atoms with Crippen molar-refractivity contribution in [3.8, 4) is 0 Å². The van der Waals surface area contributed by atoms with Gasteiger partial charge < -0.3 is 5.73 Å². The standard InChI is InChI=1S/C13H10BrFN2O/c1-7-4-5-17-13(16)11(7)12(18)8-2-3-10(15)9(14)6-8/h2-6H,1H3,(H2,16,17). The first-order chi connectivity index (χ1) is 8.50. The van der Waals surface area contributed by atoms with E-state index in [9.17, 15) is 9.18 Å². The fraction of sp³-hybridized carbons (Fsp3) is 0.0769. The second-order valence-electron chi connectivity index (χ2n) is 3.85. The normalized spacial score (nSPS) is 10.4. The molecule has 0 amide bonds. The number of carbonyl (C=O) groups is 1. The Bertz CT molecular complexity index is 608. The van der Waals surface area contributed by atoms with Crippen molar-refractivity contribution >= 4 is 27.5 Å². The number of benzene rings is 1. The van der Waals surface area contributed by atoms with Gasteiger partial charge in [0.15, 0.2) is 5.78 Å². The number of hydrogen-bond donors (Lipinski definition) is 1. The average molecular weight is 309 g/mol. The maximum Gasteiger partial charge on any atom is 0.197 e. The molecule has 0 aliphatic carbocycles. The van der Waals surface area contributed by atoms with Gasteiger partial charge in [-0.1, -0.05) is 0 Å². The van der Waals surface area contributed by atoms with Crippen LogP contribution in [0.5, 0.6) is 0 Å². The van der Waals surface area contributed by atoms with Crippen LogP contribution in [0.25, 0.3) is 0 Å². The summed E-state index contributed by atoms with van der Waals surface area (Å²) in [7, 11) is 0. The molecule has 1 aromatic heterocycles. The van der Waals surface area contributed by atoms with E-state index in [0.29, 0.717) is 11.1 Å². The van der Waals surface area contributed by atoms with Gasteiger partial charge in [0, 0.05) is 11.8 Å². The molecule has 1 aromatic carbocycles. The van der Waals surface area contributed by atoms with Crippen molar-refractivity contribution in [1.29, 1.82) is 0 Å². The lowest BCUT2D eigenvalue weighted by Crippen LogP contribution is -2.09. The van der Waals surface area contributed by atoms with E-state index < -0.39 is 5.82 Å². The number of rotatable bonds is 2. The number of nitrogens with two attached hydrogens (primary N) is 1. The minimum absolute atomic E-state index is 0.181. The smallest absolute Gasteiger partial charge is 0.197 e. The van der Waals surface area contributed by atoms with Gasteiger partial charge in [-0.05, 0) is 52.7 Å². The Hall–Kier alpha value is -1.75. The van der Waals surface area contributed by atoms with Crippen LogP contribution in [0.15, 0.2) is 34.9 Å². The molecule has 0 bridgehead atoms. The first-order valence-electron chi connectivity index (χ1n) is 5.21. The van der Waals surface area contributed by atoms with Crippen LogP contribution in [0.2, 0.25) is 0 Å². The third-order valence-corrected chi connectivity index (χ3v) is 3.21. The zero-order valence-electron chi connectivity index (χ0n) is 9.58. The molecular formula is C13H10BrFN2O. The third kappa shape index (κ3) is 2.26. The number of hydrogen-bond acceptors (Lipinski definition) is 3. The van der Waals surface area contributed by atoms with Crippen LogP contribution in [-0.4, -0.2) is 10.8 Å². The quantitative estimate of drug-likeness (QED) is 0.867. The first kappa shape index (κ1) is 12.7. The molecular weight excluding hydrogens is 299 g/mol. The highest BCUT2D eigenvalue weighted by Gasteiger charge is 2.16. The van der Waals surface area contributed by atoms with Crippen LogP contribution < -0.4 is 5.73 Å². The number of halogens is 2. The molecule has 3 nitrogen and oxygen atoms in total. The zero-order chi connectivity index (χ0) is 13.3. The molecule has 0 saturated heterocycles. The Morgan fingerprint density at radius 3 is 2.72 bits per heavy atom. The number of aromatic nitrogens is 1. The van der Waals surface area contributed by atoms with E-state index in [1.165, 1.54) is 18.2 Å². The third-order valence-electron chi connectivity index (χ3n) is 2.60. The fourth-order valence-electron chi connectivity index (χ4n) is 1.66. The van der Waals surface area contributed by atoms with Gasteiger partial charge >= 0.3 is 0 Å². The van der Waals surface area contributed by atoms with Gasteiger partial charge in [0.25, 0.3) is 0 Å². The number of carbonyl (C=O) groups excluding carboxylic acids is 1. The Morgan fingerprint density at radius 1 is 1.39 bits per heavy atom. The molecule has 0 atom stereocenters. The summed E-state index contributed by atoms with van der Waals surface area (Å²) in [4.78, 5) is 16.2. The van der Waals surface area contributed by atoms with Gasteiger partial charge in [0.1, 0.15) is 11.6 Å². The van der Waals surface area contributed by atoms with Crippen molar-refractivity contribution in [2.75, 3.05) is 5.73 Å². The van der Waals surface area contributed by atoms with E-state index in [1.807, 2.05) is 0 Å². The maximum absolute atomic E-state index is 13.1. The lowest BCUT2D eigenvalue weighted by atomic mass is 10.00. The molecule has 2 rings (SSSR count). The molecule has 0 saturated carbocycles. The van der Waals surface area contributed by atoms with E-state index in [-0.39, 0.29) is 16.1 Å². The molecule has 0 unspecified atom stereocenters. The van der Waals surface area contributed by atoms with Gasteiger partial charge in [0.05, 0.1) is 10.0 Å². The number of pyridine rings is 1. The summed E-state index contributed by atoms with van der Waals surface area (Å²) in [5.74, 6) is -0.498. The summed E-state index contributed by atoms with van der Waals surface area (Å²) in [5, 5.41) is 0. The number of anilines is 1. The van der Waals surface area contributed by atoms with Crippen molar-refractivity contribution in [3.63, 3.8) is 0 Å². The summed E-state index contributed by atoms with van der Waals surface area (Å²) >= 11 is 3.05. The lowest BCUT2D eigenvalue weighted by molar-refractivity contribution is 0.103. The SMILES string of the molecule is Cc1ccnc(N)c1C(=O)c1ccc(F)c(Br)c1. The van der Waals surface area contributed by atoms with Crippen LogP contribution in [0, 0.1) is 12.7 Å². The van der Waals surface area contributed by atoms with Gasteiger partial charge in [0.2, 0.25) is 0 Å². The highest BCUT2D eigenvalue weighted by Crippen LogP contribution is 2.22. The molecule has 0 aliphatic rings. The second-order valence-corrected chi connectivity index (χ2v) is 4.70. The largest absolute Gasteiger partial charge is 0.383 e. The van der Waals surface area contributed by atoms with E-state index in [0.717, 1.165) is 5.56 Å². The molecule has 1 heterocycles. The minimum atomic E-state index is -0.414. The van der Waals surface area contributed by atoms with Crippen molar-refractivity contribution < 1.29 is 9.18 Å². The summed E-state index contributed by atoms with van der Waals surface area (Å²) in [5.41, 5.74) is 7.18. The van der Waals surface area contributed by atoms with E-state index in [1.54, 1.807) is 19.2 Å².